The molecule has 1 nitrogen and oxygen atoms in total. The maximum Gasteiger partial charge on any atom is 0.0451 e. The van der Waals surface area contributed by atoms with Gasteiger partial charge in [-0.05, 0) is 73.6 Å². The summed E-state index contributed by atoms with van der Waals surface area (Å²) >= 11 is 1.92. The molecule has 6 rings (SSSR count). The number of hydrogen-bond acceptors (Lipinski definition) is 2. The van der Waals surface area contributed by atoms with E-state index in [0.717, 1.165) is 0 Å². The lowest BCUT2D eigenvalue weighted by atomic mass is 9.81. The summed E-state index contributed by atoms with van der Waals surface area (Å²) < 4.78 is 1.39. The van der Waals surface area contributed by atoms with Gasteiger partial charge in [0.1, 0.15) is 0 Å². The summed E-state index contributed by atoms with van der Waals surface area (Å²) in [6.07, 6.45) is 7.19. The lowest BCUT2D eigenvalue weighted by Crippen LogP contribution is -2.23. The fourth-order valence-corrected chi connectivity index (χ4v) is 6.59. The van der Waals surface area contributed by atoms with Crippen LogP contribution in [0.5, 0.6) is 0 Å². The highest BCUT2D eigenvalue weighted by molar-refractivity contribution is 7.20. The van der Waals surface area contributed by atoms with E-state index in [4.69, 9.17) is 0 Å². The van der Waals surface area contributed by atoms with Crippen LogP contribution in [0, 0.1) is 5.92 Å². The number of nitrogens with one attached hydrogen (secondary N) is 1. The monoisotopic (exact) mass is 395 g/mol. The summed E-state index contributed by atoms with van der Waals surface area (Å²) in [5.41, 5.74) is 11.6. The molecule has 2 heterocycles. The molecule has 2 unspecified atom stereocenters. The quantitative estimate of drug-likeness (QED) is 0.448. The number of hydrogen-bond donors (Lipinski definition) is 1. The van der Waals surface area contributed by atoms with Gasteiger partial charge in [-0.2, -0.15) is 0 Å². The average Bonchev–Trinajstić information content (AvgIpc) is 3.23. The zero-order valence-electron chi connectivity index (χ0n) is 17.2. The molecule has 2 aliphatic carbocycles. The molecule has 1 N–H and O–H groups in total. The molecule has 0 saturated heterocycles. The Kier molecular flexibility index (Phi) is 3.70. The number of fused-ring (bicyclic) bond motifs is 6. The highest BCUT2D eigenvalue weighted by atomic mass is 32.1. The predicted octanol–water partition coefficient (Wildman–Crippen LogP) is 7.55. The van der Waals surface area contributed by atoms with Gasteiger partial charge in [-0.1, -0.05) is 42.5 Å². The van der Waals surface area contributed by atoms with Crippen LogP contribution in [0.1, 0.15) is 48.8 Å². The fourth-order valence-electron chi connectivity index (χ4n) is 5.46. The van der Waals surface area contributed by atoms with Crippen molar-refractivity contribution >= 4 is 44.3 Å². The third-order valence-corrected chi connectivity index (χ3v) is 8.14. The molecule has 0 spiro atoms. The number of para-hydroxylation sites is 1. The number of rotatable bonds is 1. The van der Waals surface area contributed by atoms with Crippen LogP contribution in [0.25, 0.3) is 27.3 Å². The van der Waals surface area contributed by atoms with Gasteiger partial charge in [0.25, 0.3) is 0 Å². The molecule has 144 valence electrons. The minimum atomic E-state index is 0.353. The van der Waals surface area contributed by atoms with Crippen molar-refractivity contribution in [1.29, 1.82) is 0 Å². The van der Waals surface area contributed by atoms with Crippen LogP contribution >= 0.6 is 11.3 Å². The van der Waals surface area contributed by atoms with Crippen molar-refractivity contribution in [1.82, 2.24) is 0 Å². The summed E-state index contributed by atoms with van der Waals surface area (Å²) in [5.74, 6) is 0.353. The van der Waals surface area contributed by atoms with Gasteiger partial charge in [0.15, 0.2) is 0 Å². The van der Waals surface area contributed by atoms with E-state index in [1.165, 1.54) is 72.5 Å². The van der Waals surface area contributed by atoms with E-state index in [-0.39, 0.29) is 0 Å². The highest BCUT2D eigenvalue weighted by Gasteiger charge is 2.36. The first-order valence-electron chi connectivity index (χ1n) is 10.6. The van der Waals surface area contributed by atoms with Gasteiger partial charge in [0.05, 0.1) is 0 Å². The first kappa shape index (κ1) is 17.3. The van der Waals surface area contributed by atoms with Gasteiger partial charge in [-0.25, -0.2) is 0 Å². The number of allylic oxidation sites excluding steroid dienone is 5. The van der Waals surface area contributed by atoms with Crippen molar-refractivity contribution in [3.05, 3.63) is 81.3 Å². The molecule has 0 radical (unpaired) electrons. The van der Waals surface area contributed by atoms with E-state index in [1.54, 1.807) is 0 Å². The zero-order valence-corrected chi connectivity index (χ0v) is 18.0. The molecule has 0 fully saturated rings. The first-order chi connectivity index (χ1) is 14.1. The molecule has 0 bridgehead atoms. The number of benzene rings is 2. The summed E-state index contributed by atoms with van der Waals surface area (Å²) in [7, 11) is 0. The number of anilines is 1. The topological polar surface area (TPSA) is 12.0 Å². The van der Waals surface area contributed by atoms with Crippen LogP contribution in [-0.2, 0) is 6.42 Å². The van der Waals surface area contributed by atoms with E-state index >= 15 is 0 Å². The van der Waals surface area contributed by atoms with Crippen molar-refractivity contribution in [2.75, 3.05) is 5.32 Å². The Bertz CT molecular complexity index is 1270. The molecule has 29 heavy (non-hydrogen) atoms. The first-order valence-corrected chi connectivity index (χ1v) is 11.5. The molecule has 2 atom stereocenters. The van der Waals surface area contributed by atoms with E-state index in [2.05, 4.69) is 80.7 Å². The Labute approximate surface area is 176 Å². The van der Waals surface area contributed by atoms with Gasteiger partial charge in [0, 0.05) is 43.7 Å². The van der Waals surface area contributed by atoms with Gasteiger partial charge < -0.3 is 5.32 Å². The van der Waals surface area contributed by atoms with E-state index in [9.17, 15) is 0 Å². The van der Waals surface area contributed by atoms with Crippen molar-refractivity contribution in [3.63, 3.8) is 0 Å². The van der Waals surface area contributed by atoms with Crippen molar-refractivity contribution in [2.45, 2.75) is 39.7 Å². The van der Waals surface area contributed by atoms with Crippen LogP contribution in [0.3, 0.4) is 0 Å². The Morgan fingerprint density at radius 1 is 0.966 bits per heavy atom. The summed E-state index contributed by atoms with van der Waals surface area (Å²) in [6.45, 7) is 6.95. The van der Waals surface area contributed by atoms with E-state index in [1.807, 2.05) is 11.3 Å². The van der Waals surface area contributed by atoms with Gasteiger partial charge >= 0.3 is 0 Å². The number of aryl methyl sites for hydroxylation is 1. The Morgan fingerprint density at radius 2 is 1.79 bits per heavy atom. The second-order valence-corrected chi connectivity index (χ2v) is 9.76. The van der Waals surface area contributed by atoms with E-state index < -0.39 is 0 Å². The highest BCUT2D eigenvalue weighted by Crippen LogP contribution is 2.55. The molecule has 3 aromatic rings. The molecule has 1 aliphatic heterocycles. The molecule has 2 heteroatoms. The van der Waals surface area contributed by atoms with Crippen LogP contribution < -0.4 is 5.32 Å². The van der Waals surface area contributed by atoms with Crippen LogP contribution in [0.2, 0.25) is 0 Å². The minimum Gasteiger partial charge on any atom is -0.382 e. The average molecular weight is 396 g/mol. The molecule has 1 aromatic heterocycles. The van der Waals surface area contributed by atoms with Crippen LogP contribution in [0.4, 0.5) is 5.69 Å². The van der Waals surface area contributed by atoms with Crippen LogP contribution in [-0.4, -0.2) is 6.04 Å². The molecule has 0 amide bonds. The molecule has 0 saturated carbocycles. The Hall–Kier alpha value is -2.58. The lowest BCUT2D eigenvalue weighted by Gasteiger charge is -2.29. The maximum absolute atomic E-state index is 3.81. The fraction of sp³-hybridized carbons (Fsp3) is 0.259. The summed E-state index contributed by atoms with van der Waals surface area (Å²) in [4.78, 5) is 1.41. The smallest absolute Gasteiger partial charge is 0.0451 e. The van der Waals surface area contributed by atoms with E-state index in [0.29, 0.717) is 12.0 Å². The zero-order chi connectivity index (χ0) is 19.7. The maximum atomic E-state index is 3.81. The lowest BCUT2D eigenvalue weighted by molar-refractivity contribution is 0.680. The predicted molar refractivity (Wildman–Crippen MR) is 127 cm³/mol. The Morgan fingerprint density at radius 3 is 2.69 bits per heavy atom. The summed E-state index contributed by atoms with van der Waals surface area (Å²) in [5, 5.41) is 5.21. The summed E-state index contributed by atoms with van der Waals surface area (Å²) in [6, 6.07) is 16.3. The standard InChI is InChI=1S/C27H25NS/c1-15-11-12-18-7-6-9-21(27(18)28-15)24-16(2)17(3)25-20(24)13-14-23-26(25)19-8-4-5-10-22(19)29-23/h4-10,13-15,20,28H,11-12H2,1-3H3. The third-order valence-electron chi connectivity index (χ3n) is 7.00. The number of thiophene rings is 1. The molecule has 3 aliphatic rings. The molecular formula is C27H25NS. The molecule has 2 aromatic carbocycles. The van der Waals surface area contributed by atoms with Crippen molar-refractivity contribution in [2.24, 2.45) is 5.92 Å². The molecular weight excluding hydrogens is 370 g/mol. The van der Waals surface area contributed by atoms with Crippen molar-refractivity contribution < 1.29 is 0 Å². The normalized spacial score (nSPS) is 22.6. The van der Waals surface area contributed by atoms with Gasteiger partial charge in [-0.3, -0.25) is 0 Å². The van der Waals surface area contributed by atoms with Gasteiger partial charge in [0.2, 0.25) is 0 Å². The van der Waals surface area contributed by atoms with Crippen LogP contribution in [0.15, 0.2) is 59.7 Å². The Balaban J connectivity index is 1.55. The SMILES string of the molecule is CC1=C(c2cccc3c2NC(C)CC3)C2C=Cc3sc4ccccc4c3C2=C1C. The minimum absolute atomic E-state index is 0.353. The third kappa shape index (κ3) is 2.39. The van der Waals surface area contributed by atoms with Gasteiger partial charge in [-0.15, -0.1) is 11.3 Å². The largest absolute Gasteiger partial charge is 0.382 e. The van der Waals surface area contributed by atoms with Crippen molar-refractivity contribution in [3.8, 4) is 0 Å². The second-order valence-electron chi connectivity index (χ2n) is 8.68. The second kappa shape index (κ2) is 6.21.